The van der Waals surface area contributed by atoms with Gasteiger partial charge in [0, 0.05) is 38.9 Å². The standard InChI is InChI=1S/C22H30N2O4/c1-2-28-19-7-5-17(6-8-19)3-4-18-11-14-23(15-12-18)20(25)13-16-24-21(26)9-10-22(24)27/h5-8,18H,2-4,9-16H2,1H3. The molecule has 0 radical (unpaired) electrons. The van der Waals surface area contributed by atoms with Crippen LogP contribution in [0.1, 0.15) is 51.0 Å². The van der Waals surface area contributed by atoms with E-state index in [9.17, 15) is 14.4 Å². The van der Waals surface area contributed by atoms with E-state index in [2.05, 4.69) is 12.1 Å². The van der Waals surface area contributed by atoms with Gasteiger partial charge in [-0.2, -0.15) is 0 Å². The maximum Gasteiger partial charge on any atom is 0.229 e. The highest BCUT2D eigenvalue weighted by Crippen LogP contribution is 2.24. The normalized spacial score (nSPS) is 18.0. The number of imide groups is 1. The summed E-state index contributed by atoms with van der Waals surface area (Å²) < 4.78 is 5.48. The van der Waals surface area contributed by atoms with Crippen LogP contribution in [0.4, 0.5) is 0 Å². The van der Waals surface area contributed by atoms with Crippen LogP contribution in [-0.4, -0.2) is 53.8 Å². The Morgan fingerprint density at radius 1 is 1.07 bits per heavy atom. The highest BCUT2D eigenvalue weighted by Gasteiger charge is 2.30. The minimum absolute atomic E-state index is 0.0532. The second kappa shape index (κ2) is 9.71. The van der Waals surface area contributed by atoms with E-state index in [4.69, 9.17) is 4.74 Å². The van der Waals surface area contributed by atoms with E-state index in [0.717, 1.165) is 44.5 Å². The van der Waals surface area contributed by atoms with Crippen LogP contribution in [-0.2, 0) is 20.8 Å². The molecule has 6 heteroatoms. The number of carbonyl (C=O) groups is 3. The predicted molar refractivity (Wildman–Crippen MR) is 106 cm³/mol. The van der Waals surface area contributed by atoms with E-state index < -0.39 is 0 Å². The van der Waals surface area contributed by atoms with Crippen LogP contribution >= 0.6 is 0 Å². The maximum absolute atomic E-state index is 12.4. The van der Waals surface area contributed by atoms with Gasteiger partial charge in [-0.15, -0.1) is 0 Å². The van der Waals surface area contributed by atoms with Gasteiger partial charge in [-0.25, -0.2) is 0 Å². The van der Waals surface area contributed by atoms with Crippen molar-refractivity contribution in [1.29, 1.82) is 0 Å². The summed E-state index contributed by atoms with van der Waals surface area (Å²) in [5.74, 6) is 1.31. The monoisotopic (exact) mass is 386 g/mol. The Balaban J connectivity index is 1.36. The second-order valence-electron chi connectivity index (χ2n) is 7.63. The third-order valence-electron chi connectivity index (χ3n) is 5.75. The molecule has 0 unspecified atom stereocenters. The summed E-state index contributed by atoms with van der Waals surface area (Å²) in [6.07, 6.45) is 5.03. The highest BCUT2D eigenvalue weighted by molar-refractivity contribution is 6.02. The molecule has 2 heterocycles. The number of carbonyl (C=O) groups excluding carboxylic acids is 3. The van der Waals surface area contributed by atoms with Gasteiger partial charge < -0.3 is 9.64 Å². The smallest absolute Gasteiger partial charge is 0.229 e. The van der Waals surface area contributed by atoms with Gasteiger partial charge in [0.05, 0.1) is 6.61 Å². The molecule has 0 atom stereocenters. The summed E-state index contributed by atoms with van der Waals surface area (Å²) in [7, 11) is 0. The van der Waals surface area contributed by atoms with E-state index in [1.807, 2.05) is 24.0 Å². The molecular formula is C22H30N2O4. The Morgan fingerprint density at radius 3 is 2.32 bits per heavy atom. The lowest BCUT2D eigenvalue weighted by Gasteiger charge is -2.32. The lowest BCUT2D eigenvalue weighted by atomic mass is 9.90. The quantitative estimate of drug-likeness (QED) is 0.645. The number of hydrogen-bond donors (Lipinski definition) is 0. The molecule has 0 spiro atoms. The predicted octanol–water partition coefficient (Wildman–Crippen LogP) is 2.80. The van der Waals surface area contributed by atoms with Crippen LogP contribution in [0, 0.1) is 5.92 Å². The van der Waals surface area contributed by atoms with Crippen molar-refractivity contribution in [3.05, 3.63) is 29.8 Å². The number of ether oxygens (including phenoxy) is 1. The van der Waals surface area contributed by atoms with Gasteiger partial charge in [-0.1, -0.05) is 12.1 Å². The van der Waals surface area contributed by atoms with E-state index in [1.54, 1.807) is 0 Å². The summed E-state index contributed by atoms with van der Waals surface area (Å²) in [5.41, 5.74) is 1.32. The molecule has 2 saturated heterocycles. The lowest BCUT2D eigenvalue weighted by molar-refractivity contribution is -0.139. The molecule has 152 valence electrons. The Hall–Kier alpha value is -2.37. The summed E-state index contributed by atoms with van der Waals surface area (Å²) in [6.45, 7) is 4.44. The van der Waals surface area contributed by atoms with Crippen molar-refractivity contribution >= 4 is 17.7 Å². The van der Waals surface area contributed by atoms with Gasteiger partial charge in [0.2, 0.25) is 17.7 Å². The fourth-order valence-corrected chi connectivity index (χ4v) is 4.00. The molecular weight excluding hydrogens is 356 g/mol. The van der Waals surface area contributed by atoms with Crippen molar-refractivity contribution in [1.82, 2.24) is 9.80 Å². The fourth-order valence-electron chi connectivity index (χ4n) is 4.00. The summed E-state index contributed by atoms with van der Waals surface area (Å²) in [5, 5.41) is 0. The van der Waals surface area contributed by atoms with Crippen molar-refractivity contribution in [2.75, 3.05) is 26.2 Å². The van der Waals surface area contributed by atoms with Gasteiger partial charge >= 0.3 is 0 Å². The summed E-state index contributed by atoms with van der Waals surface area (Å²) in [6, 6.07) is 8.31. The van der Waals surface area contributed by atoms with Crippen LogP contribution < -0.4 is 4.74 Å². The largest absolute Gasteiger partial charge is 0.494 e. The Bertz CT molecular complexity index is 677. The number of nitrogens with zero attached hydrogens (tertiary/aromatic N) is 2. The zero-order chi connectivity index (χ0) is 19.9. The summed E-state index contributed by atoms with van der Waals surface area (Å²) in [4.78, 5) is 38.8. The zero-order valence-corrected chi connectivity index (χ0v) is 16.7. The number of amides is 3. The average molecular weight is 386 g/mol. The van der Waals surface area contributed by atoms with E-state index >= 15 is 0 Å². The molecule has 2 fully saturated rings. The molecule has 0 saturated carbocycles. The number of hydrogen-bond acceptors (Lipinski definition) is 4. The number of piperidine rings is 1. The van der Waals surface area contributed by atoms with Gasteiger partial charge in [-0.05, 0) is 56.2 Å². The van der Waals surface area contributed by atoms with Crippen molar-refractivity contribution in [2.45, 2.75) is 51.9 Å². The molecule has 0 N–H and O–H groups in total. The Morgan fingerprint density at radius 2 is 1.71 bits per heavy atom. The van der Waals surface area contributed by atoms with E-state index in [1.165, 1.54) is 10.5 Å². The number of benzene rings is 1. The van der Waals surface area contributed by atoms with Crippen LogP contribution in [0.25, 0.3) is 0 Å². The molecule has 3 rings (SSSR count). The first-order valence-corrected chi connectivity index (χ1v) is 10.4. The molecule has 2 aliphatic rings. The Kier molecular flexibility index (Phi) is 7.06. The molecule has 6 nitrogen and oxygen atoms in total. The van der Waals surface area contributed by atoms with Gasteiger partial charge in [0.1, 0.15) is 5.75 Å². The van der Waals surface area contributed by atoms with Crippen LogP contribution in [0.5, 0.6) is 5.75 Å². The molecule has 0 aromatic heterocycles. The SMILES string of the molecule is CCOc1ccc(CCC2CCN(C(=O)CCN3C(=O)CCC3=O)CC2)cc1. The average Bonchev–Trinajstić information content (AvgIpc) is 3.04. The fraction of sp³-hybridized carbons (Fsp3) is 0.591. The first-order chi connectivity index (χ1) is 13.6. The first kappa shape index (κ1) is 20.4. The van der Waals surface area contributed by atoms with Gasteiger partial charge in [0.25, 0.3) is 0 Å². The number of likely N-dealkylation sites (tertiary alicyclic amines) is 2. The van der Waals surface area contributed by atoms with Gasteiger partial charge in [-0.3, -0.25) is 19.3 Å². The van der Waals surface area contributed by atoms with Crippen molar-refractivity contribution in [3.8, 4) is 5.75 Å². The lowest BCUT2D eigenvalue weighted by Crippen LogP contribution is -2.40. The maximum atomic E-state index is 12.4. The van der Waals surface area contributed by atoms with E-state index in [0.29, 0.717) is 12.5 Å². The molecule has 1 aromatic carbocycles. The number of aryl methyl sites for hydroxylation is 1. The topological polar surface area (TPSA) is 66.9 Å². The highest BCUT2D eigenvalue weighted by atomic mass is 16.5. The van der Waals surface area contributed by atoms with Crippen LogP contribution in [0.2, 0.25) is 0 Å². The van der Waals surface area contributed by atoms with Crippen molar-refractivity contribution in [2.24, 2.45) is 5.92 Å². The van der Waals surface area contributed by atoms with Crippen LogP contribution in [0.3, 0.4) is 0 Å². The molecule has 28 heavy (non-hydrogen) atoms. The van der Waals surface area contributed by atoms with Crippen molar-refractivity contribution in [3.63, 3.8) is 0 Å². The molecule has 3 amide bonds. The summed E-state index contributed by atoms with van der Waals surface area (Å²) >= 11 is 0. The number of rotatable bonds is 8. The second-order valence-corrected chi connectivity index (χ2v) is 7.63. The van der Waals surface area contributed by atoms with Crippen LogP contribution in [0.15, 0.2) is 24.3 Å². The molecule has 1 aromatic rings. The third kappa shape index (κ3) is 5.33. The van der Waals surface area contributed by atoms with Gasteiger partial charge in [0.15, 0.2) is 0 Å². The molecule has 0 aliphatic carbocycles. The van der Waals surface area contributed by atoms with Crippen molar-refractivity contribution < 1.29 is 19.1 Å². The first-order valence-electron chi connectivity index (χ1n) is 10.4. The molecule has 0 bridgehead atoms. The van der Waals surface area contributed by atoms with E-state index in [-0.39, 0.29) is 43.5 Å². The minimum Gasteiger partial charge on any atom is -0.494 e. The molecule has 2 aliphatic heterocycles. The Labute approximate surface area is 166 Å². The third-order valence-corrected chi connectivity index (χ3v) is 5.75. The zero-order valence-electron chi connectivity index (χ0n) is 16.7. The minimum atomic E-state index is -0.147.